The molecule has 0 aliphatic rings. The number of aromatic nitrogens is 2. The summed E-state index contributed by atoms with van der Waals surface area (Å²) in [6.45, 7) is 1.91. The van der Waals surface area contributed by atoms with Crippen molar-refractivity contribution in [2.75, 3.05) is 11.8 Å². The van der Waals surface area contributed by atoms with Gasteiger partial charge < -0.3 is 9.15 Å². The Morgan fingerprint density at radius 3 is 2.54 bits per heavy atom. The van der Waals surface area contributed by atoms with Crippen LogP contribution in [0, 0.1) is 6.92 Å². The summed E-state index contributed by atoms with van der Waals surface area (Å²) in [4.78, 5) is 8.90. The molecule has 142 valence electrons. The van der Waals surface area contributed by atoms with Gasteiger partial charge in [0, 0.05) is 6.20 Å². The monoisotopic (exact) mass is 395 g/mol. The third-order valence-corrected chi connectivity index (χ3v) is 5.63. The number of hydrogen-bond donors (Lipinski definition) is 1. The molecule has 7 nitrogen and oxygen atoms in total. The summed E-state index contributed by atoms with van der Waals surface area (Å²) in [6.07, 6.45) is 1.66. The molecule has 0 atom stereocenters. The van der Waals surface area contributed by atoms with Crippen molar-refractivity contribution in [3.63, 3.8) is 0 Å². The minimum Gasteiger partial charge on any atom is -0.497 e. The Labute approximate surface area is 162 Å². The number of rotatable bonds is 5. The Hall–Kier alpha value is -3.39. The number of ether oxygens (including phenoxy) is 1. The first-order valence-corrected chi connectivity index (χ1v) is 9.95. The maximum atomic E-state index is 12.8. The van der Waals surface area contributed by atoms with Crippen LogP contribution in [0.25, 0.3) is 22.7 Å². The molecule has 2 aromatic heterocycles. The molecule has 28 heavy (non-hydrogen) atoms. The quantitative estimate of drug-likeness (QED) is 0.549. The molecule has 8 heteroatoms. The number of oxazole rings is 1. The molecule has 0 saturated heterocycles. The summed E-state index contributed by atoms with van der Waals surface area (Å²) in [5, 5.41) is 0. The third-order valence-electron chi connectivity index (χ3n) is 4.25. The number of aryl methyl sites for hydroxylation is 1. The van der Waals surface area contributed by atoms with Crippen LogP contribution < -0.4 is 9.46 Å². The summed E-state index contributed by atoms with van der Waals surface area (Å²) in [5.74, 6) is 0.914. The van der Waals surface area contributed by atoms with Gasteiger partial charge in [-0.1, -0.05) is 12.1 Å². The fourth-order valence-electron chi connectivity index (χ4n) is 2.80. The molecule has 0 aliphatic carbocycles. The van der Waals surface area contributed by atoms with Crippen molar-refractivity contribution in [1.29, 1.82) is 0 Å². The highest BCUT2D eigenvalue weighted by atomic mass is 32.2. The maximum Gasteiger partial charge on any atom is 0.261 e. The number of methoxy groups -OCH3 is 1. The van der Waals surface area contributed by atoms with E-state index in [9.17, 15) is 8.42 Å². The number of nitrogens with zero attached hydrogens (tertiary/aromatic N) is 2. The highest BCUT2D eigenvalue weighted by Gasteiger charge is 2.19. The molecule has 2 aromatic carbocycles. The number of pyridine rings is 1. The van der Waals surface area contributed by atoms with E-state index < -0.39 is 10.0 Å². The van der Waals surface area contributed by atoms with Gasteiger partial charge >= 0.3 is 0 Å². The van der Waals surface area contributed by atoms with Crippen LogP contribution in [-0.2, 0) is 10.0 Å². The summed E-state index contributed by atoms with van der Waals surface area (Å²) < 4.78 is 39.0. The van der Waals surface area contributed by atoms with Crippen LogP contribution in [0.4, 0.5) is 5.69 Å². The van der Waals surface area contributed by atoms with Crippen LogP contribution in [-0.4, -0.2) is 25.5 Å². The van der Waals surface area contributed by atoms with E-state index in [0.29, 0.717) is 34.1 Å². The van der Waals surface area contributed by atoms with Gasteiger partial charge in [0.05, 0.1) is 17.7 Å². The fourth-order valence-corrected chi connectivity index (χ4v) is 3.87. The molecule has 0 bridgehead atoms. The molecule has 2 heterocycles. The van der Waals surface area contributed by atoms with Gasteiger partial charge in [0.2, 0.25) is 5.89 Å². The van der Waals surface area contributed by atoms with E-state index >= 15 is 0 Å². The van der Waals surface area contributed by atoms with Crippen molar-refractivity contribution in [3.8, 4) is 17.3 Å². The largest absolute Gasteiger partial charge is 0.497 e. The molecule has 1 N–H and O–H groups in total. The van der Waals surface area contributed by atoms with Crippen LogP contribution in [0.2, 0.25) is 0 Å². The molecular weight excluding hydrogens is 378 g/mol. The predicted octanol–water partition coefficient (Wildman–Crippen LogP) is 4.01. The number of benzene rings is 2. The standard InChI is InChI=1S/C20H17N3O4S/c1-13-5-4-12-21-18(13)20-22-19-16(6-3-7-17(19)27-20)23-28(24,25)15-10-8-14(26-2)9-11-15/h3-12,23H,1-2H3. The number of fused-ring (bicyclic) bond motifs is 1. The second-order valence-corrected chi connectivity index (χ2v) is 7.80. The Morgan fingerprint density at radius 2 is 1.82 bits per heavy atom. The lowest BCUT2D eigenvalue weighted by atomic mass is 10.2. The molecular formula is C20H17N3O4S. The Balaban J connectivity index is 1.73. The highest BCUT2D eigenvalue weighted by Crippen LogP contribution is 2.30. The second kappa shape index (κ2) is 6.97. The molecule has 4 aromatic rings. The lowest BCUT2D eigenvalue weighted by Crippen LogP contribution is -2.13. The van der Waals surface area contributed by atoms with Crippen LogP contribution in [0.3, 0.4) is 0 Å². The molecule has 0 aliphatic heterocycles. The molecule has 0 spiro atoms. The van der Waals surface area contributed by atoms with E-state index in [-0.39, 0.29) is 4.90 Å². The van der Waals surface area contributed by atoms with Gasteiger partial charge in [0.1, 0.15) is 17.0 Å². The van der Waals surface area contributed by atoms with Gasteiger partial charge in [0.25, 0.3) is 10.0 Å². The van der Waals surface area contributed by atoms with Gasteiger partial charge in [-0.15, -0.1) is 0 Å². The molecule has 0 radical (unpaired) electrons. The summed E-state index contributed by atoms with van der Waals surface area (Å²) >= 11 is 0. The zero-order chi connectivity index (χ0) is 19.7. The van der Waals surface area contributed by atoms with Gasteiger partial charge in [0.15, 0.2) is 5.58 Å². The average molecular weight is 395 g/mol. The normalized spacial score (nSPS) is 11.5. The van der Waals surface area contributed by atoms with Gasteiger partial charge in [-0.05, 0) is 55.0 Å². The maximum absolute atomic E-state index is 12.8. The van der Waals surface area contributed by atoms with Crippen LogP contribution in [0.5, 0.6) is 5.75 Å². The number of para-hydroxylation sites is 1. The van der Waals surface area contributed by atoms with E-state index in [1.165, 1.54) is 19.2 Å². The van der Waals surface area contributed by atoms with Crippen LogP contribution >= 0.6 is 0 Å². The number of sulfonamides is 1. The lowest BCUT2D eigenvalue weighted by Gasteiger charge is -2.08. The Bertz CT molecular complexity index is 1250. The number of nitrogens with one attached hydrogen (secondary N) is 1. The summed E-state index contributed by atoms with van der Waals surface area (Å²) in [7, 11) is -2.27. The zero-order valence-electron chi connectivity index (χ0n) is 15.2. The van der Waals surface area contributed by atoms with Crippen LogP contribution in [0.1, 0.15) is 5.56 Å². The second-order valence-electron chi connectivity index (χ2n) is 6.12. The number of hydrogen-bond acceptors (Lipinski definition) is 6. The van der Waals surface area contributed by atoms with Crippen LogP contribution in [0.15, 0.2) is 70.1 Å². The summed E-state index contributed by atoms with van der Waals surface area (Å²) in [6, 6.07) is 14.9. The minimum absolute atomic E-state index is 0.120. The lowest BCUT2D eigenvalue weighted by molar-refractivity contribution is 0.414. The van der Waals surface area contributed by atoms with E-state index in [2.05, 4.69) is 14.7 Å². The zero-order valence-corrected chi connectivity index (χ0v) is 16.0. The smallest absolute Gasteiger partial charge is 0.261 e. The van der Waals surface area contributed by atoms with Crippen molar-refractivity contribution >= 4 is 26.8 Å². The molecule has 4 rings (SSSR count). The highest BCUT2D eigenvalue weighted by molar-refractivity contribution is 7.92. The minimum atomic E-state index is -3.80. The molecule has 0 saturated carbocycles. The van der Waals surface area contributed by atoms with Crippen molar-refractivity contribution in [2.45, 2.75) is 11.8 Å². The first kappa shape index (κ1) is 18.0. The summed E-state index contributed by atoms with van der Waals surface area (Å²) in [5.41, 5.74) is 2.74. The molecule has 0 fully saturated rings. The predicted molar refractivity (Wildman–Crippen MR) is 106 cm³/mol. The molecule has 0 amide bonds. The SMILES string of the molecule is COc1ccc(S(=O)(=O)Nc2cccc3oc(-c4ncccc4C)nc23)cc1. The average Bonchev–Trinajstić information content (AvgIpc) is 3.13. The Morgan fingerprint density at radius 1 is 1.04 bits per heavy atom. The van der Waals surface area contributed by atoms with E-state index in [1.807, 2.05) is 19.1 Å². The number of anilines is 1. The van der Waals surface area contributed by atoms with Crippen molar-refractivity contribution in [2.24, 2.45) is 0 Å². The topological polar surface area (TPSA) is 94.3 Å². The fraction of sp³-hybridized carbons (Fsp3) is 0.100. The van der Waals surface area contributed by atoms with Gasteiger partial charge in [-0.3, -0.25) is 9.71 Å². The van der Waals surface area contributed by atoms with E-state index in [4.69, 9.17) is 9.15 Å². The first-order chi connectivity index (χ1) is 13.5. The Kier molecular flexibility index (Phi) is 4.48. The van der Waals surface area contributed by atoms with Crippen molar-refractivity contribution < 1.29 is 17.6 Å². The van der Waals surface area contributed by atoms with Gasteiger partial charge in [-0.25, -0.2) is 13.4 Å². The van der Waals surface area contributed by atoms with E-state index in [0.717, 1.165) is 5.56 Å². The molecule has 0 unspecified atom stereocenters. The van der Waals surface area contributed by atoms with Gasteiger partial charge in [-0.2, -0.15) is 0 Å². The van der Waals surface area contributed by atoms with E-state index in [1.54, 1.807) is 36.5 Å². The van der Waals surface area contributed by atoms with Crippen molar-refractivity contribution in [1.82, 2.24) is 9.97 Å². The van der Waals surface area contributed by atoms with Crippen molar-refractivity contribution in [3.05, 3.63) is 66.4 Å². The first-order valence-electron chi connectivity index (χ1n) is 8.46. The third kappa shape index (κ3) is 3.29.